The van der Waals surface area contributed by atoms with Crippen LogP contribution in [-0.4, -0.2) is 9.78 Å². The van der Waals surface area contributed by atoms with Crippen LogP contribution in [-0.2, 0) is 13.0 Å². The van der Waals surface area contributed by atoms with E-state index < -0.39 is 0 Å². The first-order valence-electron chi connectivity index (χ1n) is 6.25. The van der Waals surface area contributed by atoms with Crippen LogP contribution in [0.1, 0.15) is 29.9 Å². The lowest BCUT2D eigenvalue weighted by Gasteiger charge is -2.14. The van der Waals surface area contributed by atoms with E-state index in [0.29, 0.717) is 6.42 Å². The van der Waals surface area contributed by atoms with Crippen molar-refractivity contribution < 1.29 is 0 Å². The van der Waals surface area contributed by atoms with E-state index in [1.807, 2.05) is 17.7 Å². The first-order valence-corrected chi connectivity index (χ1v) is 7.71. The molecule has 0 aliphatic heterocycles. The summed E-state index contributed by atoms with van der Waals surface area (Å²) >= 11 is 8.61. The summed E-state index contributed by atoms with van der Waals surface area (Å²) in [5.74, 6) is 0. The summed E-state index contributed by atoms with van der Waals surface area (Å²) in [4.78, 5) is 0. The molecule has 1 atom stereocenters. The average molecular weight is 390 g/mol. The second-order valence-electron chi connectivity index (χ2n) is 4.53. The van der Waals surface area contributed by atoms with E-state index in [0.717, 1.165) is 28.5 Å². The summed E-state index contributed by atoms with van der Waals surface area (Å²) in [5, 5.41) is 5.16. The molecule has 0 saturated heterocycles. The molecule has 1 aromatic carbocycles. The van der Waals surface area contributed by atoms with Gasteiger partial charge in [0, 0.05) is 22.6 Å². The molecule has 0 amide bonds. The molecule has 0 bridgehead atoms. The van der Waals surface area contributed by atoms with Gasteiger partial charge < -0.3 is 5.73 Å². The van der Waals surface area contributed by atoms with Gasteiger partial charge in [-0.3, -0.25) is 4.68 Å². The van der Waals surface area contributed by atoms with E-state index >= 15 is 0 Å². The Kier molecular flexibility index (Phi) is 4.86. The third-order valence-corrected chi connectivity index (χ3v) is 4.31. The zero-order valence-electron chi connectivity index (χ0n) is 11.0. The Morgan fingerprint density at radius 2 is 2.21 bits per heavy atom. The third-order valence-electron chi connectivity index (χ3n) is 3.14. The lowest BCUT2D eigenvalue weighted by atomic mass is 10.0. The lowest BCUT2D eigenvalue weighted by molar-refractivity contribution is 0.587. The van der Waals surface area contributed by atoms with Gasteiger partial charge in [0.25, 0.3) is 0 Å². The zero-order valence-corrected chi connectivity index (χ0v) is 13.9. The normalized spacial score (nSPS) is 12.7. The zero-order chi connectivity index (χ0) is 14.0. The van der Waals surface area contributed by atoms with E-state index in [-0.39, 0.29) is 6.04 Å². The minimum atomic E-state index is -0.0615. The standard InChI is InChI=1S/C14H17ClIN3/c1-3-19-13(14(15)9(2)18-19)8-12(17)10-5-4-6-11(16)7-10/h4-7,12H,3,8,17H2,1-2H3. The second kappa shape index (κ2) is 6.24. The molecule has 1 aromatic heterocycles. The topological polar surface area (TPSA) is 43.8 Å². The quantitative estimate of drug-likeness (QED) is 0.810. The highest BCUT2D eigenvalue weighted by molar-refractivity contribution is 14.1. The van der Waals surface area contributed by atoms with Crippen molar-refractivity contribution in [1.29, 1.82) is 0 Å². The van der Waals surface area contributed by atoms with Crippen molar-refractivity contribution in [1.82, 2.24) is 9.78 Å². The van der Waals surface area contributed by atoms with Crippen LogP contribution in [0.4, 0.5) is 0 Å². The number of benzene rings is 1. The largest absolute Gasteiger partial charge is 0.324 e. The Morgan fingerprint density at radius 1 is 1.47 bits per heavy atom. The first kappa shape index (κ1) is 14.8. The molecule has 2 aromatic rings. The Hall–Kier alpha value is -0.590. The Labute approximate surface area is 132 Å². The van der Waals surface area contributed by atoms with Gasteiger partial charge in [0.1, 0.15) is 0 Å². The van der Waals surface area contributed by atoms with Gasteiger partial charge in [-0.2, -0.15) is 5.10 Å². The van der Waals surface area contributed by atoms with E-state index in [4.69, 9.17) is 17.3 Å². The first-order chi connectivity index (χ1) is 9.02. The van der Waals surface area contributed by atoms with Crippen molar-refractivity contribution in [2.24, 2.45) is 5.73 Å². The number of rotatable bonds is 4. The molecule has 0 aliphatic carbocycles. The van der Waals surface area contributed by atoms with Crippen molar-refractivity contribution in [2.45, 2.75) is 32.9 Å². The molecule has 2 rings (SSSR count). The van der Waals surface area contributed by atoms with Crippen LogP contribution in [0.5, 0.6) is 0 Å². The van der Waals surface area contributed by atoms with Gasteiger partial charge in [0.2, 0.25) is 0 Å². The van der Waals surface area contributed by atoms with Crippen molar-refractivity contribution >= 4 is 34.2 Å². The maximum Gasteiger partial charge on any atom is 0.0847 e. The lowest BCUT2D eigenvalue weighted by Crippen LogP contribution is -2.16. The maximum atomic E-state index is 6.32. The van der Waals surface area contributed by atoms with Crippen LogP contribution in [0, 0.1) is 10.5 Å². The molecule has 2 N–H and O–H groups in total. The predicted octanol–water partition coefficient (Wildman–Crippen LogP) is 3.71. The summed E-state index contributed by atoms with van der Waals surface area (Å²) in [6, 6.07) is 8.19. The molecular weight excluding hydrogens is 373 g/mol. The van der Waals surface area contributed by atoms with Crippen molar-refractivity contribution in [3.63, 3.8) is 0 Å². The van der Waals surface area contributed by atoms with Crippen LogP contribution < -0.4 is 5.73 Å². The highest BCUT2D eigenvalue weighted by atomic mass is 127. The maximum absolute atomic E-state index is 6.32. The van der Waals surface area contributed by atoms with Crippen molar-refractivity contribution in [3.8, 4) is 0 Å². The fourth-order valence-corrected chi connectivity index (χ4v) is 2.91. The van der Waals surface area contributed by atoms with E-state index in [2.05, 4.69) is 52.8 Å². The SMILES string of the molecule is CCn1nc(C)c(Cl)c1CC(N)c1cccc(I)c1. The van der Waals surface area contributed by atoms with E-state index in [9.17, 15) is 0 Å². The monoisotopic (exact) mass is 389 g/mol. The minimum Gasteiger partial charge on any atom is -0.324 e. The van der Waals surface area contributed by atoms with Gasteiger partial charge in [-0.15, -0.1) is 0 Å². The molecule has 1 unspecified atom stereocenters. The van der Waals surface area contributed by atoms with Gasteiger partial charge in [0.05, 0.1) is 16.4 Å². The highest BCUT2D eigenvalue weighted by Gasteiger charge is 2.16. The highest BCUT2D eigenvalue weighted by Crippen LogP contribution is 2.25. The number of hydrogen-bond acceptors (Lipinski definition) is 2. The molecule has 0 radical (unpaired) electrons. The van der Waals surface area contributed by atoms with Gasteiger partial charge in [0.15, 0.2) is 0 Å². The number of aromatic nitrogens is 2. The van der Waals surface area contributed by atoms with Crippen LogP contribution in [0.25, 0.3) is 0 Å². The molecule has 102 valence electrons. The molecule has 1 heterocycles. The summed E-state index contributed by atoms with van der Waals surface area (Å²) < 4.78 is 3.13. The fraction of sp³-hybridized carbons (Fsp3) is 0.357. The number of nitrogens with two attached hydrogens (primary N) is 1. The van der Waals surface area contributed by atoms with E-state index in [1.165, 1.54) is 3.57 Å². The Bertz CT molecular complexity index is 580. The molecular formula is C14H17ClIN3. The summed E-state index contributed by atoms with van der Waals surface area (Å²) in [7, 11) is 0. The van der Waals surface area contributed by atoms with Crippen molar-refractivity contribution in [2.75, 3.05) is 0 Å². The molecule has 0 spiro atoms. The molecule has 3 nitrogen and oxygen atoms in total. The van der Waals surface area contributed by atoms with Crippen molar-refractivity contribution in [3.05, 3.63) is 49.8 Å². The number of aryl methyl sites for hydroxylation is 2. The molecule has 0 fully saturated rings. The average Bonchev–Trinajstić information content (AvgIpc) is 2.66. The Balaban J connectivity index is 2.26. The van der Waals surface area contributed by atoms with Gasteiger partial charge in [-0.25, -0.2) is 0 Å². The number of hydrogen-bond donors (Lipinski definition) is 1. The van der Waals surface area contributed by atoms with Crippen LogP contribution in [0.15, 0.2) is 24.3 Å². The van der Waals surface area contributed by atoms with Crippen LogP contribution >= 0.6 is 34.2 Å². The van der Waals surface area contributed by atoms with Gasteiger partial charge >= 0.3 is 0 Å². The fourth-order valence-electron chi connectivity index (χ4n) is 2.13. The smallest absolute Gasteiger partial charge is 0.0847 e. The third kappa shape index (κ3) is 3.30. The Morgan fingerprint density at radius 3 is 2.84 bits per heavy atom. The summed E-state index contributed by atoms with van der Waals surface area (Å²) in [5.41, 5.74) is 9.31. The van der Waals surface area contributed by atoms with E-state index in [1.54, 1.807) is 0 Å². The minimum absolute atomic E-state index is 0.0615. The summed E-state index contributed by atoms with van der Waals surface area (Å²) in [6.07, 6.45) is 0.702. The summed E-state index contributed by atoms with van der Waals surface area (Å²) in [6.45, 7) is 4.79. The molecule has 0 aliphatic rings. The van der Waals surface area contributed by atoms with Gasteiger partial charge in [-0.1, -0.05) is 23.7 Å². The molecule has 0 saturated carbocycles. The number of nitrogens with zero attached hydrogens (tertiary/aromatic N) is 2. The molecule has 5 heteroatoms. The second-order valence-corrected chi connectivity index (χ2v) is 6.15. The van der Waals surface area contributed by atoms with Crippen LogP contribution in [0.3, 0.4) is 0 Å². The van der Waals surface area contributed by atoms with Gasteiger partial charge in [-0.05, 0) is 54.1 Å². The number of halogens is 2. The predicted molar refractivity (Wildman–Crippen MR) is 87.4 cm³/mol. The molecule has 19 heavy (non-hydrogen) atoms. The van der Waals surface area contributed by atoms with Crippen LogP contribution in [0.2, 0.25) is 5.02 Å².